The zero-order chi connectivity index (χ0) is 17.8. The van der Waals surface area contributed by atoms with Crippen LogP contribution in [0.15, 0.2) is 52.1 Å². The molecule has 0 amide bonds. The van der Waals surface area contributed by atoms with E-state index in [1.54, 1.807) is 6.34 Å². The number of hydrogen-bond acceptors (Lipinski definition) is 3. The van der Waals surface area contributed by atoms with Gasteiger partial charge >= 0.3 is 0 Å². The van der Waals surface area contributed by atoms with Gasteiger partial charge in [0.05, 0.1) is 10.8 Å². The molecular weight excluding hydrogens is 376 g/mol. The number of aromatic nitrogens is 2. The minimum atomic E-state index is 0.626. The zero-order valence-electron chi connectivity index (χ0n) is 14.3. The fourth-order valence-electron chi connectivity index (χ4n) is 2.30. The minimum absolute atomic E-state index is 0.626. The van der Waals surface area contributed by atoms with Crippen LogP contribution in [0.5, 0.6) is 0 Å². The monoisotopic (exact) mass is 392 g/mol. The Hall–Kier alpha value is -2.71. The molecule has 0 atom stereocenters. The number of pyridine rings is 2. The third-order valence-electron chi connectivity index (χ3n) is 3.54. The average molecular weight is 393 g/mol. The largest absolute Gasteiger partial charge is 0.369 e. The van der Waals surface area contributed by atoms with E-state index in [4.69, 9.17) is 0 Å². The summed E-state index contributed by atoms with van der Waals surface area (Å²) in [4.78, 5) is 15.0. The molecule has 0 saturated heterocycles. The lowest BCUT2D eigenvalue weighted by Crippen LogP contribution is -2.07. The van der Waals surface area contributed by atoms with Crippen LogP contribution in [0.2, 0.25) is 0 Å². The number of nitrogens with zero attached hydrogens (tertiary/aromatic N) is 4. The lowest BCUT2D eigenvalue weighted by molar-refractivity contribution is 0.643. The van der Waals surface area contributed by atoms with Gasteiger partial charge in [0.15, 0.2) is 5.82 Å². The molecule has 3 rings (SSSR count). The summed E-state index contributed by atoms with van der Waals surface area (Å²) in [6.07, 6.45) is 3.53. The summed E-state index contributed by atoms with van der Waals surface area (Å²) in [5.74, 6) is 6.93. The molecule has 4 nitrogen and oxygen atoms in total. The van der Waals surface area contributed by atoms with Gasteiger partial charge in [-0.05, 0) is 64.5 Å². The van der Waals surface area contributed by atoms with E-state index < -0.39 is 0 Å². The van der Waals surface area contributed by atoms with Gasteiger partial charge in [-0.15, -0.1) is 0 Å². The van der Waals surface area contributed by atoms with Crippen molar-refractivity contribution >= 4 is 38.9 Å². The standard InChI is InChI=1S/C20H17BrN4/c1-14-17-6-4-15(12-16(17)10-11-22-14)5-8-19-18(21)7-9-20(24-19)23-13-25(2)3/h4,6-7,9-13H,1-3H3/b23-13-. The SMILES string of the molecule is Cc1nccc2cc(C#Cc3nc(/N=C\N(C)C)ccc3Br)ccc12. The van der Waals surface area contributed by atoms with Gasteiger partial charge in [-0.2, -0.15) is 0 Å². The number of aryl methyl sites for hydroxylation is 1. The summed E-state index contributed by atoms with van der Waals surface area (Å²) in [6, 6.07) is 11.9. The highest BCUT2D eigenvalue weighted by molar-refractivity contribution is 9.10. The van der Waals surface area contributed by atoms with E-state index in [1.807, 2.05) is 56.4 Å². The van der Waals surface area contributed by atoms with E-state index >= 15 is 0 Å². The Kier molecular flexibility index (Phi) is 5.11. The second-order valence-corrected chi connectivity index (χ2v) is 6.64. The molecule has 2 heterocycles. The Bertz CT molecular complexity index is 1010. The highest BCUT2D eigenvalue weighted by Gasteiger charge is 2.01. The maximum absolute atomic E-state index is 4.48. The van der Waals surface area contributed by atoms with Gasteiger partial charge in [-0.1, -0.05) is 12.0 Å². The van der Waals surface area contributed by atoms with Crippen LogP contribution in [0.4, 0.5) is 5.82 Å². The Morgan fingerprint density at radius 3 is 2.76 bits per heavy atom. The average Bonchev–Trinajstić information content (AvgIpc) is 2.60. The van der Waals surface area contributed by atoms with E-state index in [-0.39, 0.29) is 0 Å². The van der Waals surface area contributed by atoms with Crippen LogP contribution in [0.3, 0.4) is 0 Å². The first-order valence-electron chi connectivity index (χ1n) is 7.77. The van der Waals surface area contributed by atoms with Crippen molar-refractivity contribution in [2.45, 2.75) is 6.92 Å². The molecule has 2 aromatic heterocycles. The zero-order valence-corrected chi connectivity index (χ0v) is 15.9. The Morgan fingerprint density at radius 2 is 1.96 bits per heavy atom. The summed E-state index contributed by atoms with van der Waals surface area (Å²) in [6.45, 7) is 2.01. The van der Waals surface area contributed by atoms with Gasteiger partial charge in [0.2, 0.25) is 0 Å². The van der Waals surface area contributed by atoms with Gasteiger partial charge in [0, 0.05) is 36.9 Å². The summed E-state index contributed by atoms with van der Waals surface area (Å²) in [5.41, 5.74) is 2.63. The lowest BCUT2D eigenvalue weighted by Gasteiger charge is -2.03. The maximum atomic E-state index is 4.48. The van der Waals surface area contributed by atoms with Crippen molar-refractivity contribution in [1.29, 1.82) is 0 Å². The molecule has 25 heavy (non-hydrogen) atoms. The first kappa shape index (κ1) is 17.1. The molecule has 124 valence electrons. The van der Waals surface area contributed by atoms with Gasteiger partial charge in [0.1, 0.15) is 5.69 Å². The molecule has 0 radical (unpaired) electrons. The van der Waals surface area contributed by atoms with Crippen LogP contribution < -0.4 is 0 Å². The molecule has 0 aliphatic carbocycles. The maximum Gasteiger partial charge on any atom is 0.155 e. The fraction of sp³-hybridized carbons (Fsp3) is 0.150. The number of benzene rings is 1. The van der Waals surface area contributed by atoms with Crippen molar-refractivity contribution in [3.8, 4) is 11.8 Å². The highest BCUT2D eigenvalue weighted by Crippen LogP contribution is 2.20. The van der Waals surface area contributed by atoms with Crippen LogP contribution in [-0.4, -0.2) is 35.3 Å². The van der Waals surface area contributed by atoms with Crippen molar-refractivity contribution in [1.82, 2.24) is 14.9 Å². The predicted octanol–water partition coefficient (Wildman–Crippen LogP) is 4.32. The van der Waals surface area contributed by atoms with Crippen molar-refractivity contribution in [2.75, 3.05) is 14.1 Å². The second kappa shape index (κ2) is 7.45. The smallest absolute Gasteiger partial charge is 0.155 e. The molecule has 0 N–H and O–H groups in total. The summed E-state index contributed by atoms with van der Waals surface area (Å²) >= 11 is 3.50. The molecule has 0 saturated carbocycles. The molecular formula is C20H17BrN4. The third-order valence-corrected chi connectivity index (χ3v) is 4.18. The van der Waals surface area contributed by atoms with Crippen LogP contribution in [0.25, 0.3) is 10.8 Å². The molecule has 0 unspecified atom stereocenters. The fourth-order valence-corrected chi connectivity index (χ4v) is 2.62. The summed E-state index contributed by atoms with van der Waals surface area (Å²) in [7, 11) is 3.83. The highest BCUT2D eigenvalue weighted by atomic mass is 79.9. The number of fused-ring (bicyclic) bond motifs is 1. The predicted molar refractivity (Wildman–Crippen MR) is 106 cm³/mol. The van der Waals surface area contributed by atoms with Gasteiger partial charge in [-0.25, -0.2) is 9.98 Å². The molecule has 0 spiro atoms. The first-order valence-corrected chi connectivity index (χ1v) is 8.57. The van der Waals surface area contributed by atoms with Crippen molar-refractivity contribution < 1.29 is 0 Å². The second-order valence-electron chi connectivity index (χ2n) is 5.79. The van der Waals surface area contributed by atoms with E-state index in [2.05, 4.69) is 54.9 Å². The van der Waals surface area contributed by atoms with Crippen molar-refractivity contribution in [3.05, 3.63) is 64.0 Å². The molecule has 0 aliphatic heterocycles. The van der Waals surface area contributed by atoms with E-state index in [0.29, 0.717) is 11.5 Å². The molecule has 0 bridgehead atoms. The van der Waals surface area contributed by atoms with E-state index in [0.717, 1.165) is 26.5 Å². The number of aliphatic imine (C=N–C) groups is 1. The van der Waals surface area contributed by atoms with Gasteiger partial charge in [0.25, 0.3) is 0 Å². The van der Waals surface area contributed by atoms with Crippen molar-refractivity contribution in [3.63, 3.8) is 0 Å². The Balaban J connectivity index is 1.94. The Labute approximate surface area is 155 Å². The van der Waals surface area contributed by atoms with Gasteiger partial charge in [-0.3, -0.25) is 4.98 Å². The van der Waals surface area contributed by atoms with Crippen LogP contribution >= 0.6 is 15.9 Å². The number of halogens is 1. The molecule has 1 aromatic carbocycles. The minimum Gasteiger partial charge on any atom is -0.369 e. The topological polar surface area (TPSA) is 41.4 Å². The van der Waals surface area contributed by atoms with Crippen LogP contribution in [-0.2, 0) is 0 Å². The summed E-state index contributed by atoms with van der Waals surface area (Å²) < 4.78 is 0.852. The quantitative estimate of drug-likeness (QED) is 0.370. The molecule has 3 aromatic rings. The number of rotatable bonds is 2. The van der Waals surface area contributed by atoms with E-state index in [9.17, 15) is 0 Å². The number of hydrogen-bond donors (Lipinski definition) is 0. The van der Waals surface area contributed by atoms with Crippen LogP contribution in [0, 0.1) is 18.8 Å². The molecule has 0 fully saturated rings. The third kappa shape index (κ3) is 4.23. The van der Waals surface area contributed by atoms with Crippen molar-refractivity contribution in [2.24, 2.45) is 4.99 Å². The normalized spacial score (nSPS) is 10.7. The Morgan fingerprint density at radius 1 is 1.12 bits per heavy atom. The van der Waals surface area contributed by atoms with E-state index in [1.165, 1.54) is 0 Å². The lowest BCUT2D eigenvalue weighted by atomic mass is 10.1. The van der Waals surface area contributed by atoms with Crippen LogP contribution in [0.1, 0.15) is 17.0 Å². The molecule has 5 heteroatoms. The van der Waals surface area contributed by atoms with Gasteiger partial charge < -0.3 is 4.90 Å². The molecule has 0 aliphatic rings. The summed E-state index contributed by atoms with van der Waals surface area (Å²) in [5, 5.41) is 2.28. The first-order chi connectivity index (χ1) is 12.0.